The zero-order chi connectivity index (χ0) is 13.4. The summed E-state index contributed by atoms with van der Waals surface area (Å²) in [6, 6.07) is 0. The molecule has 0 aliphatic carbocycles. The zero-order valence-electron chi connectivity index (χ0n) is 10.9. The Balaban J connectivity index is 2.40. The molecule has 0 aromatic carbocycles. The standard InChI is InChI=1S/C12H20N4O2/c1-3-9-10(4-2)15-16-12(14-9)13-8-6-5-7-11(17)18/h3-8H2,1-2H3,(H,17,18)(H,13,14,16). The minimum atomic E-state index is -0.756. The van der Waals surface area contributed by atoms with Crippen molar-refractivity contribution in [2.45, 2.75) is 46.0 Å². The van der Waals surface area contributed by atoms with Gasteiger partial charge in [-0.1, -0.05) is 13.8 Å². The lowest BCUT2D eigenvalue weighted by atomic mass is 10.2. The Bertz CT molecular complexity index is 396. The third-order valence-electron chi connectivity index (χ3n) is 2.61. The molecule has 0 spiro atoms. The first-order valence-electron chi connectivity index (χ1n) is 6.35. The first kappa shape index (κ1) is 14.3. The Kier molecular flexibility index (Phi) is 6.04. The average molecular weight is 252 g/mol. The highest BCUT2D eigenvalue weighted by atomic mass is 16.4. The van der Waals surface area contributed by atoms with Gasteiger partial charge in [-0.25, -0.2) is 4.98 Å². The second-order valence-corrected chi connectivity index (χ2v) is 4.01. The fraction of sp³-hybridized carbons (Fsp3) is 0.667. The smallest absolute Gasteiger partial charge is 0.303 e. The van der Waals surface area contributed by atoms with Crippen molar-refractivity contribution in [3.8, 4) is 0 Å². The number of carboxylic acids is 1. The van der Waals surface area contributed by atoms with E-state index in [0.717, 1.165) is 30.7 Å². The summed E-state index contributed by atoms with van der Waals surface area (Å²) >= 11 is 0. The van der Waals surface area contributed by atoms with Crippen LogP contribution in [-0.2, 0) is 17.6 Å². The summed E-state index contributed by atoms with van der Waals surface area (Å²) in [5.41, 5.74) is 1.91. The lowest BCUT2D eigenvalue weighted by Crippen LogP contribution is -2.10. The molecule has 0 aliphatic rings. The number of carbonyl (C=O) groups is 1. The monoisotopic (exact) mass is 252 g/mol. The quantitative estimate of drug-likeness (QED) is 0.684. The van der Waals surface area contributed by atoms with Crippen LogP contribution in [0, 0.1) is 0 Å². The van der Waals surface area contributed by atoms with Crippen LogP contribution in [0.3, 0.4) is 0 Å². The van der Waals surface area contributed by atoms with E-state index in [2.05, 4.69) is 20.5 Å². The van der Waals surface area contributed by atoms with E-state index in [-0.39, 0.29) is 6.42 Å². The highest BCUT2D eigenvalue weighted by molar-refractivity contribution is 5.66. The molecule has 6 nitrogen and oxygen atoms in total. The third-order valence-corrected chi connectivity index (χ3v) is 2.61. The zero-order valence-corrected chi connectivity index (χ0v) is 10.9. The van der Waals surface area contributed by atoms with Gasteiger partial charge in [-0.05, 0) is 25.7 Å². The molecule has 0 saturated carbocycles. The van der Waals surface area contributed by atoms with Crippen LogP contribution >= 0.6 is 0 Å². The molecule has 1 rings (SSSR count). The van der Waals surface area contributed by atoms with Crippen LogP contribution in [0.1, 0.15) is 44.5 Å². The van der Waals surface area contributed by atoms with Gasteiger partial charge in [0, 0.05) is 13.0 Å². The van der Waals surface area contributed by atoms with Gasteiger partial charge in [0.2, 0.25) is 5.95 Å². The van der Waals surface area contributed by atoms with E-state index < -0.39 is 5.97 Å². The topological polar surface area (TPSA) is 88.0 Å². The normalized spacial score (nSPS) is 10.3. The molecular weight excluding hydrogens is 232 g/mol. The van der Waals surface area contributed by atoms with Crippen molar-refractivity contribution in [3.63, 3.8) is 0 Å². The molecular formula is C12H20N4O2. The predicted molar refractivity (Wildman–Crippen MR) is 68.6 cm³/mol. The maximum atomic E-state index is 10.3. The minimum absolute atomic E-state index is 0.204. The Morgan fingerprint density at radius 3 is 2.50 bits per heavy atom. The number of nitrogens with zero attached hydrogens (tertiary/aromatic N) is 3. The molecule has 0 radical (unpaired) electrons. The highest BCUT2D eigenvalue weighted by Crippen LogP contribution is 2.07. The molecule has 18 heavy (non-hydrogen) atoms. The minimum Gasteiger partial charge on any atom is -0.481 e. The van der Waals surface area contributed by atoms with Crippen molar-refractivity contribution in [2.24, 2.45) is 0 Å². The van der Waals surface area contributed by atoms with Crippen molar-refractivity contribution < 1.29 is 9.90 Å². The molecule has 1 aromatic heterocycles. The number of unbranched alkanes of at least 4 members (excludes halogenated alkanes) is 1. The van der Waals surface area contributed by atoms with Crippen molar-refractivity contribution >= 4 is 11.9 Å². The summed E-state index contributed by atoms with van der Waals surface area (Å²) in [4.78, 5) is 14.7. The van der Waals surface area contributed by atoms with Crippen molar-refractivity contribution in [1.29, 1.82) is 0 Å². The van der Waals surface area contributed by atoms with Gasteiger partial charge in [-0.2, -0.15) is 5.10 Å². The maximum absolute atomic E-state index is 10.3. The van der Waals surface area contributed by atoms with E-state index in [0.29, 0.717) is 18.9 Å². The SMILES string of the molecule is CCc1nnc(NCCCCC(=O)O)nc1CC. The molecule has 0 amide bonds. The summed E-state index contributed by atoms with van der Waals surface area (Å²) in [6.07, 6.45) is 3.32. The number of nitrogens with one attached hydrogen (secondary N) is 1. The van der Waals surface area contributed by atoms with Crippen molar-refractivity contribution in [3.05, 3.63) is 11.4 Å². The van der Waals surface area contributed by atoms with Gasteiger partial charge in [0.05, 0.1) is 11.4 Å². The van der Waals surface area contributed by atoms with E-state index in [1.54, 1.807) is 0 Å². The highest BCUT2D eigenvalue weighted by Gasteiger charge is 2.05. The lowest BCUT2D eigenvalue weighted by molar-refractivity contribution is -0.137. The van der Waals surface area contributed by atoms with Crippen molar-refractivity contribution in [1.82, 2.24) is 15.2 Å². The van der Waals surface area contributed by atoms with Crippen LogP contribution in [0.4, 0.5) is 5.95 Å². The Morgan fingerprint density at radius 2 is 1.89 bits per heavy atom. The predicted octanol–water partition coefficient (Wildman–Crippen LogP) is 1.66. The van der Waals surface area contributed by atoms with Gasteiger partial charge in [0.1, 0.15) is 0 Å². The number of aliphatic carboxylic acids is 1. The van der Waals surface area contributed by atoms with Crippen LogP contribution in [-0.4, -0.2) is 32.8 Å². The number of carboxylic acid groups (broad SMARTS) is 1. The summed E-state index contributed by atoms with van der Waals surface area (Å²) in [6.45, 7) is 4.74. The molecule has 0 atom stereocenters. The van der Waals surface area contributed by atoms with Gasteiger partial charge < -0.3 is 10.4 Å². The van der Waals surface area contributed by atoms with Crippen LogP contribution < -0.4 is 5.32 Å². The van der Waals surface area contributed by atoms with Crippen LogP contribution in [0.25, 0.3) is 0 Å². The van der Waals surface area contributed by atoms with E-state index in [9.17, 15) is 4.79 Å². The molecule has 2 N–H and O–H groups in total. The summed E-state index contributed by atoms with van der Waals surface area (Å²) in [5, 5.41) is 19.7. The molecule has 1 aromatic rings. The van der Waals surface area contributed by atoms with Gasteiger partial charge in [0.25, 0.3) is 0 Å². The second kappa shape index (κ2) is 7.58. The average Bonchev–Trinajstić information content (AvgIpc) is 2.37. The molecule has 0 aliphatic heterocycles. The largest absolute Gasteiger partial charge is 0.481 e. The van der Waals surface area contributed by atoms with E-state index >= 15 is 0 Å². The van der Waals surface area contributed by atoms with Gasteiger partial charge in [0.15, 0.2) is 0 Å². The molecule has 0 bridgehead atoms. The molecule has 0 fully saturated rings. The van der Waals surface area contributed by atoms with Gasteiger partial charge in [-0.15, -0.1) is 5.10 Å². The number of hydrogen-bond acceptors (Lipinski definition) is 5. The number of hydrogen-bond donors (Lipinski definition) is 2. The molecule has 0 saturated heterocycles. The first-order chi connectivity index (χ1) is 8.67. The van der Waals surface area contributed by atoms with Gasteiger partial charge in [-0.3, -0.25) is 4.79 Å². The molecule has 1 heterocycles. The summed E-state index contributed by atoms with van der Waals surface area (Å²) in [7, 11) is 0. The number of anilines is 1. The Labute approximate surface area is 107 Å². The van der Waals surface area contributed by atoms with E-state index in [4.69, 9.17) is 5.11 Å². The number of aryl methyl sites for hydroxylation is 2. The fourth-order valence-corrected chi connectivity index (χ4v) is 1.61. The number of rotatable bonds is 8. The molecule has 6 heteroatoms. The van der Waals surface area contributed by atoms with Crippen LogP contribution in [0.5, 0.6) is 0 Å². The first-order valence-corrected chi connectivity index (χ1v) is 6.35. The van der Waals surface area contributed by atoms with E-state index in [1.807, 2.05) is 13.8 Å². The molecule has 100 valence electrons. The van der Waals surface area contributed by atoms with Crippen LogP contribution in [0.2, 0.25) is 0 Å². The summed E-state index contributed by atoms with van der Waals surface area (Å²) < 4.78 is 0. The van der Waals surface area contributed by atoms with Crippen molar-refractivity contribution in [2.75, 3.05) is 11.9 Å². The Hall–Kier alpha value is -1.72. The van der Waals surface area contributed by atoms with Gasteiger partial charge >= 0.3 is 5.97 Å². The number of aromatic nitrogens is 3. The third kappa shape index (κ3) is 4.65. The Morgan fingerprint density at radius 1 is 1.17 bits per heavy atom. The fourth-order valence-electron chi connectivity index (χ4n) is 1.61. The molecule has 0 unspecified atom stereocenters. The van der Waals surface area contributed by atoms with Crippen LogP contribution in [0.15, 0.2) is 0 Å². The van der Waals surface area contributed by atoms with E-state index in [1.165, 1.54) is 0 Å². The second-order valence-electron chi connectivity index (χ2n) is 4.01. The summed E-state index contributed by atoms with van der Waals surface area (Å²) in [5.74, 6) is -0.229. The lowest BCUT2D eigenvalue weighted by Gasteiger charge is -2.07. The maximum Gasteiger partial charge on any atom is 0.303 e.